The van der Waals surface area contributed by atoms with Crippen LogP contribution in [0.3, 0.4) is 0 Å². The van der Waals surface area contributed by atoms with E-state index in [2.05, 4.69) is 31.8 Å². The van der Waals surface area contributed by atoms with Crippen molar-refractivity contribution in [3.63, 3.8) is 0 Å². The van der Waals surface area contributed by atoms with E-state index in [0.717, 1.165) is 20.9 Å². The number of benzene rings is 2. The van der Waals surface area contributed by atoms with Crippen LogP contribution in [-0.2, 0) is 16.0 Å². The number of nitrogens with one attached hydrogen (secondary N) is 3. The Hall–Kier alpha value is -2.80. The Balaban J connectivity index is 1.39. The van der Waals surface area contributed by atoms with Gasteiger partial charge in [0.05, 0.1) is 0 Å². The Morgan fingerprint density at radius 3 is 2.54 bits per heavy atom. The van der Waals surface area contributed by atoms with Crippen LogP contribution in [0.25, 0.3) is 10.9 Å². The summed E-state index contributed by atoms with van der Waals surface area (Å²) >= 11 is 3.32. The Labute approximate surface area is 159 Å². The van der Waals surface area contributed by atoms with Crippen molar-refractivity contribution in [1.82, 2.24) is 15.8 Å². The predicted octanol–water partition coefficient (Wildman–Crippen LogP) is 3.09. The lowest BCUT2D eigenvalue weighted by molar-refractivity contribution is -0.130. The van der Waals surface area contributed by atoms with Crippen LogP contribution in [0.2, 0.25) is 0 Å². The minimum Gasteiger partial charge on any atom is -0.484 e. The molecule has 0 unspecified atom stereocenters. The zero-order valence-corrected chi connectivity index (χ0v) is 15.5. The maximum Gasteiger partial charge on any atom is 0.276 e. The van der Waals surface area contributed by atoms with Gasteiger partial charge in [0.1, 0.15) is 5.75 Å². The van der Waals surface area contributed by atoms with Gasteiger partial charge in [0.2, 0.25) is 5.91 Å². The lowest BCUT2D eigenvalue weighted by Crippen LogP contribution is -2.43. The summed E-state index contributed by atoms with van der Waals surface area (Å²) in [5.41, 5.74) is 6.87. The van der Waals surface area contributed by atoms with Crippen molar-refractivity contribution < 1.29 is 14.3 Å². The maximum atomic E-state index is 11.9. The summed E-state index contributed by atoms with van der Waals surface area (Å²) in [5.74, 6) is -0.102. The van der Waals surface area contributed by atoms with Gasteiger partial charge in [-0.3, -0.25) is 20.4 Å². The zero-order valence-electron chi connectivity index (χ0n) is 13.9. The number of hydrogen-bond acceptors (Lipinski definition) is 3. The van der Waals surface area contributed by atoms with E-state index < -0.39 is 5.91 Å². The Morgan fingerprint density at radius 1 is 1.00 bits per heavy atom. The molecular formula is C19H18BrN3O3. The predicted molar refractivity (Wildman–Crippen MR) is 103 cm³/mol. The van der Waals surface area contributed by atoms with E-state index in [1.807, 2.05) is 42.6 Å². The van der Waals surface area contributed by atoms with Crippen molar-refractivity contribution in [3.05, 3.63) is 64.8 Å². The van der Waals surface area contributed by atoms with Gasteiger partial charge in [0, 0.05) is 28.0 Å². The minimum absolute atomic E-state index is 0.176. The van der Waals surface area contributed by atoms with Gasteiger partial charge < -0.3 is 9.72 Å². The zero-order chi connectivity index (χ0) is 18.4. The molecule has 6 nitrogen and oxygen atoms in total. The Bertz CT molecular complexity index is 906. The highest BCUT2D eigenvalue weighted by Crippen LogP contribution is 2.19. The number of hydrazine groups is 1. The van der Waals surface area contributed by atoms with Gasteiger partial charge in [-0.05, 0) is 42.3 Å². The summed E-state index contributed by atoms with van der Waals surface area (Å²) in [6.45, 7) is -0.176. The third-order valence-electron chi connectivity index (χ3n) is 3.82. The molecule has 3 N–H and O–H groups in total. The molecule has 7 heteroatoms. The van der Waals surface area contributed by atoms with Crippen molar-refractivity contribution in [2.75, 3.05) is 6.61 Å². The summed E-state index contributed by atoms with van der Waals surface area (Å²) in [6, 6.07) is 15.1. The van der Waals surface area contributed by atoms with Crippen LogP contribution in [0, 0.1) is 0 Å². The Kier molecular flexibility index (Phi) is 5.91. The van der Waals surface area contributed by atoms with Gasteiger partial charge >= 0.3 is 0 Å². The highest BCUT2D eigenvalue weighted by Gasteiger charge is 2.08. The van der Waals surface area contributed by atoms with E-state index in [1.165, 1.54) is 0 Å². The van der Waals surface area contributed by atoms with Crippen LogP contribution < -0.4 is 15.6 Å². The molecule has 3 aromatic rings. The highest BCUT2D eigenvalue weighted by atomic mass is 79.9. The quantitative estimate of drug-likeness (QED) is 0.540. The molecule has 26 heavy (non-hydrogen) atoms. The van der Waals surface area contributed by atoms with Crippen LogP contribution in [0.15, 0.2) is 59.2 Å². The fourth-order valence-electron chi connectivity index (χ4n) is 2.50. The lowest BCUT2D eigenvalue weighted by Gasteiger charge is -2.09. The first-order valence-electron chi connectivity index (χ1n) is 8.13. The fraction of sp³-hybridized carbons (Fsp3) is 0.158. The number of aromatic amines is 1. The molecular weight excluding hydrogens is 398 g/mol. The molecule has 3 rings (SSSR count). The molecule has 1 aromatic heterocycles. The normalized spacial score (nSPS) is 10.5. The number of H-pyrrole nitrogens is 1. The number of rotatable bonds is 6. The van der Waals surface area contributed by atoms with Crippen molar-refractivity contribution in [2.24, 2.45) is 0 Å². The molecule has 0 spiro atoms. The fourth-order valence-corrected chi connectivity index (χ4v) is 2.77. The smallest absolute Gasteiger partial charge is 0.276 e. The van der Waals surface area contributed by atoms with Gasteiger partial charge in [-0.25, -0.2) is 0 Å². The number of hydrogen-bond donors (Lipinski definition) is 3. The number of para-hydroxylation sites is 1. The van der Waals surface area contributed by atoms with Gasteiger partial charge in [0.25, 0.3) is 5.91 Å². The number of ether oxygens (including phenoxy) is 1. The molecule has 0 saturated heterocycles. The maximum absolute atomic E-state index is 11.9. The summed E-state index contributed by atoms with van der Waals surface area (Å²) in [4.78, 5) is 26.8. The molecule has 0 radical (unpaired) electrons. The lowest BCUT2D eigenvalue weighted by atomic mass is 10.1. The van der Waals surface area contributed by atoms with Gasteiger partial charge in [-0.1, -0.05) is 34.1 Å². The average molecular weight is 416 g/mol. The number of halogens is 1. The van der Waals surface area contributed by atoms with Gasteiger partial charge in [-0.15, -0.1) is 0 Å². The van der Waals surface area contributed by atoms with Crippen molar-refractivity contribution >= 4 is 38.6 Å². The van der Waals surface area contributed by atoms with Crippen molar-refractivity contribution in [3.8, 4) is 5.75 Å². The van der Waals surface area contributed by atoms with Crippen molar-refractivity contribution in [2.45, 2.75) is 12.8 Å². The summed E-state index contributed by atoms with van der Waals surface area (Å²) in [7, 11) is 0. The third-order valence-corrected chi connectivity index (χ3v) is 4.35. The topological polar surface area (TPSA) is 83.2 Å². The van der Waals surface area contributed by atoms with Crippen LogP contribution in [0.5, 0.6) is 5.75 Å². The molecule has 0 aliphatic carbocycles. The van der Waals surface area contributed by atoms with Crippen LogP contribution in [0.1, 0.15) is 12.0 Å². The SMILES string of the molecule is O=C(CCc1c[nH]c2ccccc12)NNC(=O)COc1ccc(Br)cc1. The monoisotopic (exact) mass is 415 g/mol. The number of aromatic nitrogens is 1. The summed E-state index contributed by atoms with van der Waals surface area (Å²) < 4.78 is 6.26. The molecule has 0 atom stereocenters. The molecule has 2 aromatic carbocycles. The second kappa shape index (κ2) is 8.53. The molecule has 134 valence electrons. The average Bonchev–Trinajstić information content (AvgIpc) is 3.07. The first kappa shape index (κ1) is 18.0. The number of carbonyl (C=O) groups excluding carboxylic acids is 2. The van der Waals surface area contributed by atoms with Gasteiger partial charge in [0.15, 0.2) is 6.61 Å². The van der Waals surface area contributed by atoms with Gasteiger partial charge in [-0.2, -0.15) is 0 Å². The standard InChI is InChI=1S/C19H18BrN3O3/c20-14-6-8-15(9-7-14)26-12-19(25)23-22-18(24)10-5-13-11-21-17-4-2-1-3-16(13)17/h1-4,6-9,11,21H,5,10,12H2,(H,22,24)(H,23,25). The van der Waals surface area contributed by atoms with E-state index in [1.54, 1.807) is 12.1 Å². The van der Waals surface area contributed by atoms with E-state index in [0.29, 0.717) is 12.2 Å². The molecule has 2 amide bonds. The van der Waals surface area contributed by atoms with E-state index in [9.17, 15) is 9.59 Å². The number of amides is 2. The second-order valence-corrected chi connectivity index (χ2v) is 6.61. The largest absolute Gasteiger partial charge is 0.484 e. The van der Waals surface area contributed by atoms with E-state index >= 15 is 0 Å². The third kappa shape index (κ3) is 4.86. The van der Waals surface area contributed by atoms with Crippen LogP contribution in [0.4, 0.5) is 0 Å². The van der Waals surface area contributed by atoms with Crippen molar-refractivity contribution in [1.29, 1.82) is 0 Å². The Morgan fingerprint density at radius 2 is 1.73 bits per heavy atom. The van der Waals surface area contributed by atoms with E-state index in [-0.39, 0.29) is 18.9 Å². The first-order valence-corrected chi connectivity index (χ1v) is 8.92. The molecule has 0 saturated carbocycles. The molecule has 0 aliphatic heterocycles. The van der Waals surface area contributed by atoms with Crippen LogP contribution >= 0.6 is 15.9 Å². The minimum atomic E-state index is -0.423. The van der Waals surface area contributed by atoms with E-state index in [4.69, 9.17) is 4.74 Å². The van der Waals surface area contributed by atoms with Crippen LogP contribution in [-0.4, -0.2) is 23.4 Å². The number of aryl methyl sites for hydroxylation is 1. The second-order valence-electron chi connectivity index (χ2n) is 5.70. The molecule has 0 bridgehead atoms. The molecule has 0 fully saturated rings. The number of fused-ring (bicyclic) bond motifs is 1. The highest BCUT2D eigenvalue weighted by molar-refractivity contribution is 9.10. The first-order chi connectivity index (χ1) is 12.6. The molecule has 1 heterocycles. The molecule has 0 aliphatic rings. The number of carbonyl (C=O) groups is 2. The summed E-state index contributed by atoms with van der Waals surface area (Å²) in [5, 5.41) is 1.10. The summed E-state index contributed by atoms with van der Waals surface area (Å²) in [6.07, 6.45) is 2.76.